The molecule has 210 valence electrons. The molecule has 10 nitrogen and oxygen atoms in total. The maximum atomic E-state index is 12.4. The average molecular weight is 564 g/mol. The second kappa shape index (κ2) is 10.6. The van der Waals surface area contributed by atoms with E-state index in [4.69, 9.17) is 21.3 Å². The highest BCUT2D eigenvalue weighted by molar-refractivity contribution is 6.33. The number of aromatic nitrogens is 4. The van der Waals surface area contributed by atoms with Gasteiger partial charge in [-0.05, 0) is 71.0 Å². The number of carbonyl (C=O) groups excluding carboxylic acids is 1. The minimum absolute atomic E-state index is 0.290. The van der Waals surface area contributed by atoms with Crippen LogP contribution in [-0.2, 0) is 10.3 Å². The Morgan fingerprint density at radius 1 is 1.02 bits per heavy atom. The van der Waals surface area contributed by atoms with Crippen LogP contribution >= 0.6 is 11.6 Å². The number of piperazine rings is 1. The second-order valence-electron chi connectivity index (χ2n) is 11.3. The van der Waals surface area contributed by atoms with Crippen molar-refractivity contribution >= 4 is 46.1 Å². The molecule has 0 spiro atoms. The van der Waals surface area contributed by atoms with E-state index in [1.165, 1.54) is 0 Å². The molecular weight excluding hydrogens is 530 g/mol. The number of rotatable bonds is 5. The largest absolute Gasteiger partial charge is 0.444 e. The third kappa shape index (κ3) is 6.13. The maximum Gasteiger partial charge on any atom is 0.410 e. The molecule has 0 radical (unpaired) electrons. The Hall–Kier alpha value is -3.89. The number of halogens is 1. The van der Waals surface area contributed by atoms with Crippen molar-refractivity contribution in [3.8, 4) is 5.82 Å². The Balaban J connectivity index is 1.30. The molecule has 40 heavy (non-hydrogen) atoms. The third-order valence-corrected chi connectivity index (χ3v) is 6.81. The van der Waals surface area contributed by atoms with E-state index in [0.717, 1.165) is 16.8 Å². The smallest absolute Gasteiger partial charge is 0.410 e. The van der Waals surface area contributed by atoms with E-state index < -0.39 is 11.2 Å². The molecule has 1 aliphatic rings. The highest BCUT2D eigenvalue weighted by Crippen LogP contribution is 2.31. The van der Waals surface area contributed by atoms with Crippen LogP contribution in [0.2, 0.25) is 5.02 Å². The molecule has 4 heterocycles. The first-order valence-corrected chi connectivity index (χ1v) is 13.6. The summed E-state index contributed by atoms with van der Waals surface area (Å²) in [5.74, 6) is 1.07. The summed E-state index contributed by atoms with van der Waals surface area (Å²) in [6.45, 7) is 11.5. The van der Waals surface area contributed by atoms with E-state index in [2.05, 4.69) is 20.2 Å². The molecule has 5 rings (SSSR count). The topological polar surface area (TPSA) is 109 Å². The van der Waals surface area contributed by atoms with Gasteiger partial charge < -0.3 is 25.0 Å². The molecule has 3 aromatic heterocycles. The van der Waals surface area contributed by atoms with Crippen LogP contribution in [0.1, 0.15) is 40.3 Å². The summed E-state index contributed by atoms with van der Waals surface area (Å²) >= 11 is 6.69. The maximum absolute atomic E-state index is 12.4. The minimum atomic E-state index is -1.06. The Labute approximate surface area is 238 Å². The van der Waals surface area contributed by atoms with Crippen LogP contribution in [0.25, 0.3) is 16.9 Å². The summed E-state index contributed by atoms with van der Waals surface area (Å²) in [7, 11) is 0. The Kier molecular flexibility index (Phi) is 7.32. The SMILES string of the molecule is CC(C)(C)OC(=O)N1CCN(c2ccc(Nc3ncc4ccn(-c5cccc(C(C)(C)O)n5)c4n3)cc2Cl)CC1. The molecule has 0 atom stereocenters. The molecule has 1 aromatic carbocycles. The predicted molar refractivity (Wildman–Crippen MR) is 157 cm³/mol. The van der Waals surface area contributed by atoms with Gasteiger partial charge in [0.15, 0.2) is 5.65 Å². The lowest BCUT2D eigenvalue weighted by atomic mass is 10.1. The van der Waals surface area contributed by atoms with Crippen LogP contribution in [-0.4, -0.2) is 67.4 Å². The fourth-order valence-electron chi connectivity index (χ4n) is 4.49. The summed E-state index contributed by atoms with van der Waals surface area (Å²) in [6.07, 6.45) is 3.34. The molecule has 11 heteroatoms. The molecule has 1 saturated heterocycles. The van der Waals surface area contributed by atoms with Crippen molar-refractivity contribution in [1.29, 1.82) is 0 Å². The van der Waals surface area contributed by atoms with Crippen LogP contribution in [0.15, 0.2) is 54.9 Å². The van der Waals surface area contributed by atoms with Crippen LogP contribution in [0.4, 0.5) is 22.1 Å². The molecule has 0 saturated carbocycles. The van der Waals surface area contributed by atoms with Gasteiger partial charge in [-0.25, -0.2) is 14.8 Å². The third-order valence-electron chi connectivity index (χ3n) is 6.51. The number of pyridine rings is 1. The van der Waals surface area contributed by atoms with Crippen molar-refractivity contribution in [2.75, 3.05) is 36.4 Å². The van der Waals surface area contributed by atoms with Crippen LogP contribution in [0, 0.1) is 0 Å². The summed E-state index contributed by atoms with van der Waals surface area (Å²) in [6, 6.07) is 13.2. The van der Waals surface area contributed by atoms with Crippen molar-refractivity contribution in [3.63, 3.8) is 0 Å². The normalized spacial score (nSPS) is 14.5. The second-order valence-corrected chi connectivity index (χ2v) is 11.8. The van der Waals surface area contributed by atoms with Crippen LogP contribution in [0.3, 0.4) is 0 Å². The Morgan fingerprint density at radius 3 is 2.45 bits per heavy atom. The van der Waals surface area contributed by atoms with E-state index >= 15 is 0 Å². The quantitative estimate of drug-likeness (QED) is 0.328. The number of anilines is 3. The number of fused-ring (bicyclic) bond motifs is 1. The fraction of sp³-hybridized carbons (Fsp3) is 0.379. The van der Waals surface area contributed by atoms with Gasteiger partial charge in [-0.3, -0.25) is 4.57 Å². The zero-order chi connectivity index (χ0) is 28.7. The van der Waals surface area contributed by atoms with Crippen molar-refractivity contribution < 1.29 is 14.6 Å². The van der Waals surface area contributed by atoms with Gasteiger partial charge in [0.25, 0.3) is 0 Å². The monoisotopic (exact) mass is 563 g/mol. The van der Waals surface area contributed by atoms with E-state index in [9.17, 15) is 9.90 Å². The van der Waals surface area contributed by atoms with Gasteiger partial charge in [0, 0.05) is 49.6 Å². The number of amides is 1. The highest BCUT2D eigenvalue weighted by Gasteiger charge is 2.26. The van der Waals surface area contributed by atoms with Crippen molar-refractivity contribution in [3.05, 3.63) is 65.6 Å². The molecule has 2 N–H and O–H groups in total. The summed E-state index contributed by atoms with van der Waals surface area (Å²) in [4.78, 5) is 30.1. The number of hydrogen-bond donors (Lipinski definition) is 2. The van der Waals surface area contributed by atoms with Gasteiger partial charge in [-0.1, -0.05) is 17.7 Å². The van der Waals surface area contributed by atoms with Crippen molar-refractivity contribution in [1.82, 2.24) is 24.4 Å². The number of nitrogens with one attached hydrogen (secondary N) is 1. The van der Waals surface area contributed by atoms with Gasteiger partial charge in [-0.15, -0.1) is 0 Å². The lowest BCUT2D eigenvalue weighted by Crippen LogP contribution is -2.50. The van der Waals surface area contributed by atoms with E-state index in [1.807, 2.05) is 67.9 Å². The van der Waals surface area contributed by atoms with Crippen LogP contribution in [0.5, 0.6) is 0 Å². The van der Waals surface area contributed by atoms with Crippen molar-refractivity contribution in [2.45, 2.75) is 45.8 Å². The number of hydrogen-bond acceptors (Lipinski definition) is 8. The van der Waals surface area contributed by atoms with E-state index in [0.29, 0.717) is 54.3 Å². The summed E-state index contributed by atoms with van der Waals surface area (Å²) < 4.78 is 7.36. The van der Waals surface area contributed by atoms with Crippen LogP contribution < -0.4 is 10.2 Å². The Morgan fingerprint density at radius 2 is 1.77 bits per heavy atom. The standard InChI is InChI=1S/C29H34ClN7O3/c1-28(2,3)40-27(38)36-15-13-35(14-16-36)22-10-9-20(17-21(22)30)32-26-31-18-19-11-12-37(25(19)34-26)24-8-6-7-23(33-24)29(4,5)39/h6-12,17-18,39H,13-16H2,1-5H3,(H,31,32,34). The van der Waals surface area contributed by atoms with E-state index in [-0.39, 0.29) is 6.09 Å². The summed E-state index contributed by atoms with van der Waals surface area (Å²) in [5, 5.41) is 15.1. The number of aliphatic hydroxyl groups is 1. The zero-order valence-corrected chi connectivity index (χ0v) is 24.1. The molecule has 1 aliphatic heterocycles. The summed E-state index contributed by atoms with van der Waals surface area (Å²) in [5.41, 5.74) is 1.33. The highest BCUT2D eigenvalue weighted by atomic mass is 35.5. The molecule has 1 amide bonds. The first-order chi connectivity index (χ1) is 18.9. The number of benzene rings is 1. The van der Waals surface area contributed by atoms with Gasteiger partial charge in [0.2, 0.25) is 5.95 Å². The molecule has 1 fully saturated rings. The first-order valence-electron chi connectivity index (χ1n) is 13.2. The molecule has 0 bridgehead atoms. The predicted octanol–water partition coefficient (Wildman–Crippen LogP) is 5.50. The number of carbonyl (C=O) groups is 1. The molecule has 4 aromatic rings. The first kappa shape index (κ1) is 27.7. The van der Waals surface area contributed by atoms with Gasteiger partial charge >= 0.3 is 6.09 Å². The lowest BCUT2D eigenvalue weighted by molar-refractivity contribution is 0.0240. The minimum Gasteiger partial charge on any atom is -0.444 e. The number of ether oxygens (including phenoxy) is 1. The Bertz CT molecular complexity index is 1530. The van der Waals surface area contributed by atoms with Gasteiger partial charge in [-0.2, -0.15) is 4.98 Å². The van der Waals surface area contributed by atoms with Crippen molar-refractivity contribution in [2.24, 2.45) is 0 Å². The van der Waals surface area contributed by atoms with Gasteiger partial charge in [0.1, 0.15) is 17.0 Å². The molecule has 0 aliphatic carbocycles. The zero-order valence-electron chi connectivity index (χ0n) is 23.3. The molecular formula is C29H34ClN7O3. The number of nitrogens with zero attached hydrogens (tertiary/aromatic N) is 6. The molecule has 0 unspecified atom stereocenters. The fourth-order valence-corrected chi connectivity index (χ4v) is 4.79. The van der Waals surface area contributed by atoms with E-state index in [1.54, 1.807) is 31.0 Å². The average Bonchev–Trinajstić information content (AvgIpc) is 3.31. The van der Waals surface area contributed by atoms with Gasteiger partial charge in [0.05, 0.1) is 16.4 Å². The lowest BCUT2D eigenvalue weighted by Gasteiger charge is -2.37.